The zero-order chi connectivity index (χ0) is 17.6. The number of ether oxygens (including phenoxy) is 1. The second kappa shape index (κ2) is 8.54. The molecular formula is C20H29ClO2. The Morgan fingerprint density at radius 1 is 1.30 bits per heavy atom. The minimum absolute atomic E-state index is 0.0701. The minimum atomic E-state index is -0.752. The van der Waals surface area contributed by atoms with Gasteiger partial charge in [0.1, 0.15) is 5.75 Å². The van der Waals surface area contributed by atoms with E-state index < -0.39 is 5.60 Å². The predicted octanol–water partition coefficient (Wildman–Crippen LogP) is 6.33. The summed E-state index contributed by atoms with van der Waals surface area (Å²) in [6.45, 7) is 11.9. The molecule has 0 bridgehead atoms. The molecule has 23 heavy (non-hydrogen) atoms. The first-order valence-electron chi connectivity index (χ1n) is 8.40. The molecule has 1 rings (SSSR count). The van der Waals surface area contributed by atoms with Crippen LogP contribution in [0.4, 0.5) is 0 Å². The summed E-state index contributed by atoms with van der Waals surface area (Å²) in [5.41, 5.74) is 1.64. The molecule has 0 aliphatic heterocycles. The molecule has 0 radical (unpaired) electrons. The van der Waals surface area contributed by atoms with Gasteiger partial charge in [0.25, 0.3) is 0 Å². The Morgan fingerprint density at radius 3 is 2.39 bits per heavy atom. The summed E-state index contributed by atoms with van der Waals surface area (Å²) in [6.07, 6.45) is 4.38. The molecule has 0 spiro atoms. The quantitative estimate of drug-likeness (QED) is 0.519. The van der Waals surface area contributed by atoms with Gasteiger partial charge in [0, 0.05) is 5.02 Å². The highest BCUT2D eigenvalue weighted by molar-refractivity contribution is 6.30. The van der Waals surface area contributed by atoms with Gasteiger partial charge in [0.15, 0.2) is 11.4 Å². The summed E-state index contributed by atoms with van der Waals surface area (Å²) in [6, 6.07) is 5.68. The summed E-state index contributed by atoms with van der Waals surface area (Å²) in [5.74, 6) is 1.11. The molecule has 2 nitrogen and oxygen atoms in total. The van der Waals surface area contributed by atoms with Crippen LogP contribution < -0.4 is 4.74 Å². The normalized spacial score (nSPS) is 13.8. The fourth-order valence-corrected chi connectivity index (χ4v) is 3.06. The smallest absolute Gasteiger partial charge is 0.173 e. The van der Waals surface area contributed by atoms with Gasteiger partial charge in [-0.1, -0.05) is 44.0 Å². The predicted molar refractivity (Wildman–Crippen MR) is 98.5 cm³/mol. The molecule has 0 saturated carbocycles. The topological polar surface area (TPSA) is 26.3 Å². The number of halogens is 1. The van der Waals surface area contributed by atoms with Crippen molar-refractivity contribution in [3.05, 3.63) is 40.4 Å². The van der Waals surface area contributed by atoms with Crippen LogP contribution in [0.5, 0.6) is 5.75 Å². The van der Waals surface area contributed by atoms with Gasteiger partial charge in [-0.05, 0) is 69.7 Å². The lowest BCUT2D eigenvalue weighted by Crippen LogP contribution is -2.42. The van der Waals surface area contributed by atoms with Crippen molar-refractivity contribution in [2.24, 2.45) is 0 Å². The van der Waals surface area contributed by atoms with Gasteiger partial charge in [-0.3, -0.25) is 4.79 Å². The lowest BCUT2D eigenvalue weighted by molar-refractivity contribution is -0.132. The van der Waals surface area contributed by atoms with Crippen LogP contribution in [0.2, 0.25) is 5.02 Å². The van der Waals surface area contributed by atoms with E-state index in [0.717, 1.165) is 17.7 Å². The molecule has 1 aromatic rings. The lowest BCUT2D eigenvalue weighted by Gasteiger charge is -2.32. The van der Waals surface area contributed by atoms with Gasteiger partial charge in [-0.25, -0.2) is 0 Å². The minimum Gasteiger partial charge on any atom is -0.479 e. The maximum absolute atomic E-state index is 12.1. The highest BCUT2D eigenvalue weighted by atomic mass is 35.5. The first-order valence-corrected chi connectivity index (χ1v) is 8.78. The number of allylic oxidation sites excluding steroid dienone is 2. The van der Waals surface area contributed by atoms with E-state index in [1.54, 1.807) is 6.92 Å². The van der Waals surface area contributed by atoms with Crippen molar-refractivity contribution in [3.63, 3.8) is 0 Å². The molecule has 0 aliphatic rings. The van der Waals surface area contributed by atoms with Crippen LogP contribution in [0.3, 0.4) is 0 Å². The molecule has 128 valence electrons. The SMILES string of the molecule is C/C=C(\C)CC(C)c1cc(Cl)ccc1OC(CC)(CC)C(C)=O. The summed E-state index contributed by atoms with van der Waals surface area (Å²) in [7, 11) is 0. The summed E-state index contributed by atoms with van der Waals surface area (Å²) < 4.78 is 6.26. The molecule has 1 atom stereocenters. The van der Waals surface area contributed by atoms with E-state index in [9.17, 15) is 4.79 Å². The molecule has 1 aromatic carbocycles. The van der Waals surface area contributed by atoms with E-state index in [4.69, 9.17) is 16.3 Å². The van der Waals surface area contributed by atoms with Gasteiger partial charge in [-0.15, -0.1) is 0 Å². The third-order valence-electron chi connectivity index (χ3n) is 4.71. The molecule has 0 aromatic heterocycles. The first kappa shape index (κ1) is 19.8. The van der Waals surface area contributed by atoms with Crippen LogP contribution in [0.1, 0.15) is 72.3 Å². The Bertz CT molecular complexity index is 571. The fourth-order valence-electron chi connectivity index (χ4n) is 2.88. The molecule has 1 unspecified atom stereocenters. The number of hydrogen-bond acceptors (Lipinski definition) is 2. The van der Waals surface area contributed by atoms with Crippen molar-refractivity contribution in [1.29, 1.82) is 0 Å². The standard InChI is InChI=1S/C20H29ClO2/c1-7-14(4)12-15(5)18-13-17(21)10-11-19(18)23-20(8-2,9-3)16(6)22/h7,10-11,13,15H,8-9,12H2,1-6H3/b14-7+. The second-order valence-electron chi connectivity index (χ2n) is 6.28. The number of hydrogen-bond donors (Lipinski definition) is 0. The van der Waals surface area contributed by atoms with Crippen LogP contribution in [-0.2, 0) is 4.79 Å². The summed E-state index contributed by atoms with van der Waals surface area (Å²) in [4.78, 5) is 12.1. The highest BCUT2D eigenvalue weighted by Crippen LogP contribution is 2.36. The van der Waals surface area contributed by atoms with Crippen molar-refractivity contribution in [1.82, 2.24) is 0 Å². The number of rotatable bonds is 8. The largest absolute Gasteiger partial charge is 0.479 e. The third-order valence-corrected chi connectivity index (χ3v) is 4.95. The second-order valence-corrected chi connectivity index (χ2v) is 6.72. The number of ketones is 1. The summed E-state index contributed by atoms with van der Waals surface area (Å²) in [5, 5.41) is 0.693. The highest BCUT2D eigenvalue weighted by Gasteiger charge is 2.34. The number of carbonyl (C=O) groups excluding carboxylic acids is 1. The van der Waals surface area contributed by atoms with Crippen LogP contribution in [0, 0.1) is 0 Å². The van der Waals surface area contributed by atoms with Crippen LogP contribution in [0.25, 0.3) is 0 Å². The Morgan fingerprint density at radius 2 is 1.91 bits per heavy atom. The van der Waals surface area contributed by atoms with Crippen LogP contribution >= 0.6 is 11.6 Å². The molecular weight excluding hydrogens is 308 g/mol. The van der Waals surface area contributed by atoms with E-state index in [2.05, 4.69) is 19.9 Å². The maximum Gasteiger partial charge on any atom is 0.173 e. The lowest BCUT2D eigenvalue weighted by atomic mass is 9.90. The van der Waals surface area contributed by atoms with E-state index in [1.165, 1.54) is 5.57 Å². The van der Waals surface area contributed by atoms with E-state index in [1.807, 2.05) is 39.0 Å². The van der Waals surface area contributed by atoms with E-state index in [0.29, 0.717) is 17.9 Å². The maximum atomic E-state index is 12.1. The average Bonchev–Trinajstić information content (AvgIpc) is 2.53. The Hall–Kier alpha value is -1.28. The van der Waals surface area contributed by atoms with E-state index >= 15 is 0 Å². The molecule has 0 saturated heterocycles. The van der Waals surface area contributed by atoms with Crippen molar-refractivity contribution < 1.29 is 9.53 Å². The van der Waals surface area contributed by atoms with Gasteiger partial charge in [-0.2, -0.15) is 0 Å². The monoisotopic (exact) mass is 336 g/mol. The molecule has 0 N–H and O–H groups in total. The Labute approximate surface area is 145 Å². The van der Waals surface area contributed by atoms with Gasteiger partial charge in [0.2, 0.25) is 0 Å². The van der Waals surface area contributed by atoms with Crippen molar-refractivity contribution in [2.75, 3.05) is 0 Å². The molecule has 0 aliphatic carbocycles. The molecule has 0 fully saturated rings. The van der Waals surface area contributed by atoms with Gasteiger partial charge < -0.3 is 4.74 Å². The van der Waals surface area contributed by atoms with Crippen molar-refractivity contribution in [2.45, 2.75) is 72.3 Å². The molecule has 3 heteroatoms. The van der Waals surface area contributed by atoms with Crippen LogP contribution in [0.15, 0.2) is 29.8 Å². The third kappa shape index (κ3) is 4.84. The van der Waals surface area contributed by atoms with Crippen LogP contribution in [-0.4, -0.2) is 11.4 Å². The zero-order valence-electron chi connectivity index (χ0n) is 15.2. The number of Topliss-reactive ketones (excluding diaryl/α,β-unsaturated/α-hetero) is 1. The first-order chi connectivity index (χ1) is 10.8. The molecule has 0 amide bonds. The van der Waals surface area contributed by atoms with Crippen molar-refractivity contribution in [3.8, 4) is 5.75 Å². The molecule has 0 heterocycles. The van der Waals surface area contributed by atoms with Crippen molar-refractivity contribution >= 4 is 17.4 Å². The zero-order valence-corrected chi connectivity index (χ0v) is 16.0. The Balaban J connectivity index is 3.24. The summed E-state index contributed by atoms with van der Waals surface area (Å²) >= 11 is 6.20. The number of benzene rings is 1. The van der Waals surface area contributed by atoms with E-state index in [-0.39, 0.29) is 11.7 Å². The number of carbonyl (C=O) groups is 1. The Kier molecular flexibility index (Phi) is 7.34. The fraction of sp³-hybridized carbons (Fsp3) is 0.550. The average molecular weight is 337 g/mol. The van der Waals surface area contributed by atoms with Gasteiger partial charge in [0.05, 0.1) is 0 Å². The van der Waals surface area contributed by atoms with Gasteiger partial charge >= 0.3 is 0 Å².